The van der Waals surface area contributed by atoms with Crippen LogP contribution in [0.1, 0.15) is 252 Å². The fourth-order valence-corrected chi connectivity index (χ4v) is 6.77. The number of hydrogen-bond acceptors (Lipinski definition) is 6. The summed E-state index contributed by atoms with van der Waals surface area (Å²) in [4.78, 5) is 37.6. The van der Waals surface area contributed by atoms with E-state index < -0.39 is 6.10 Å². The van der Waals surface area contributed by atoms with Gasteiger partial charge in [-0.2, -0.15) is 0 Å². The van der Waals surface area contributed by atoms with E-state index in [4.69, 9.17) is 14.2 Å². The van der Waals surface area contributed by atoms with Gasteiger partial charge in [0.05, 0.1) is 0 Å². The Morgan fingerprint density at radius 1 is 0.385 bits per heavy atom. The van der Waals surface area contributed by atoms with Crippen LogP contribution in [0.25, 0.3) is 0 Å². The number of carbonyl (C=O) groups excluding carboxylic acids is 3. The third-order valence-corrected chi connectivity index (χ3v) is 10.7. The summed E-state index contributed by atoms with van der Waals surface area (Å²) in [6.45, 7) is 9.00. The summed E-state index contributed by atoms with van der Waals surface area (Å²) in [5, 5.41) is 0. The fourth-order valence-electron chi connectivity index (χ4n) is 6.77. The third kappa shape index (κ3) is 38.1. The van der Waals surface area contributed by atoms with Crippen LogP contribution in [-0.4, -0.2) is 37.2 Å². The molecule has 308 valence electrons. The molecule has 6 heteroatoms. The Morgan fingerprint density at radius 3 is 1.00 bits per heavy atom. The van der Waals surface area contributed by atoms with Gasteiger partial charge in [-0.1, -0.05) is 214 Å². The standard InChI is InChI=1S/C46H88O6/c1-5-8-10-12-14-20-25-29-33-37-44(47)50-40-43(52-46(49)39-35-31-27-21-15-13-11-9-6-2)41-51-45(48)38-34-30-26-23-19-17-16-18-22-24-28-32-36-42(4)7-3/h42-43H,5-41H2,1-4H3. The predicted octanol–water partition coefficient (Wildman–Crippen LogP) is 14.3. The van der Waals surface area contributed by atoms with Gasteiger partial charge in [-0.05, 0) is 25.2 Å². The zero-order valence-electron chi connectivity index (χ0n) is 35.3. The summed E-state index contributed by atoms with van der Waals surface area (Å²) in [6, 6.07) is 0. The molecule has 0 radical (unpaired) electrons. The maximum absolute atomic E-state index is 12.6. The van der Waals surface area contributed by atoms with Gasteiger partial charge in [0.1, 0.15) is 13.2 Å². The minimum Gasteiger partial charge on any atom is -0.462 e. The van der Waals surface area contributed by atoms with E-state index in [1.807, 2.05) is 0 Å². The predicted molar refractivity (Wildman–Crippen MR) is 220 cm³/mol. The van der Waals surface area contributed by atoms with E-state index in [-0.39, 0.29) is 31.1 Å². The lowest BCUT2D eigenvalue weighted by molar-refractivity contribution is -0.167. The highest BCUT2D eigenvalue weighted by molar-refractivity contribution is 5.71. The molecule has 0 spiro atoms. The molecule has 0 fully saturated rings. The van der Waals surface area contributed by atoms with Crippen molar-refractivity contribution in [2.75, 3.05) is 13.2 Å². The molecule has 0 aromatic rings. The third-order valence-electron chi connectivity index (χ3n) is 10.7. The molecule has 0 bridgehead atoms. The van der Waals surface area contributed by atoms with Crippen LogP contribution < -0.4 is 0 Å². The molecular weight excluding hydrogens is 649 g/mol. The molecular formula is C46H88O6. The molecule has 0 aromatic carbocycles. The van der Waals surface area contributed by atoms with Gasteiger partial charge < -0.3 is 14.2 Å². The highest BCUT2D eigenvalue weighted by Gasteiger charge is 2.19. The van der Waals surface area contributed by atoms with Crippen molar-refractivity contribution >= 4 is 17.9 Å². The minimum absolute atomic E-state index is 0.0640. The Hall–Kier alpha value is -1.59. The number of carbonyl (C=O) groups is 3. The van der Waals surface area contributed by atoms with Crippen molar-refractivity contribution in [2.45, 2.75) is 259 Å². The van der Waals surface area contributed by atoms with E-state index in [0.717, 1.165) is 63.7 Å². The highest BCUT2D eigenvalue weighted by atomic mass is 16.6. The Morgan fingerprint density at radius 2 is 0.673 bits per heavy atom. The van der Waals surface area contributed by atoms with Crippen molar-refractivity contribution in [3.05, 3.63) is 0 Å². The molecule has 0 rings (SSSR count). The number of hydrogen-bond donors (Lipinski definition) is 0. The van der Waals surface area contributed by atoms with Gasteiger partial charge in [0.2, 0.25) is 0 Å². The lowest BCUT2D eigenvalue weighted by Crippen LogP contribution is -2.30. The Balaban J connectivity index is 4.25. The maximum Gasteiger partial charge on any atom is 0.306 e. The normalized spacial score (nSPS) is 12.5. The molecule has 2 unspecified atom stereocenters. The second-order valence-corrected chi connectivity index (χ2v) is 15.9. The van der Waals surface area contributed by atoms with Crippen molar-refractivity contribution < 1.29 is 28.6 Å². The van der Waals surface area contributed by atoms with Crippen molar-refractivity contribution in [3.63, 3.8) is 0 Å². The summed E-state index contributed by atoms with van der Waals surface area (Å²) in [5.41, 5.74) is 0. The molecule has 0 aliphatic heterocycles. The van der Waals surface area contributed by atoms with Crippen LogP contribution in [0.5, 0.6) is 0 Å². The smallest absolute Gasteiger partial charge is 0.306 e. The van der Waals surface area contributed by atoms with Crippen molar-refractivity contribution in [3.8, 4) is 0 Å². The highest BCUT2D eigenvalue weighted by Crippen LogP contribution is 2.17. The molecule has 0 amide bonds. The average molecular weight is 737 g/mol. The summed E-state index contributed by atoms with van der Waals surface area (Å²) in [6.07, 6.45) is 39.4. The molecule has 2 atom stereocenters. The van der Waals surface area contributed by atoms with E-state index in [0.29, 0.717) is 19.3 Å². The number of unbranched alkanes of at least 4 members (excludes halogenated alkanes) is 27. The topological polar surface area (TPSA) is 78.9 Å². The van der Waals surface area contributed by atoms with Gasteiger partial charge in [0, 0.05) is 19.3 Å². The Kier molecular flexibility index (Phi) is 39.4. The Bertz CT molecular complexity index is 783. The molecule has 0 N–H and O–H groups in total. The van der Waals surface area contributed by atoms with Crippen LogP contribution in [0.2, 0.25) is 0 Å². The van der Waals surface area contributed by atoms with Crippen LogP contribution >= 0.6 is 0 Å². The molecule has 0 saturated carbocycles. The van der Waals surface area contributed by atoms with Crippen molar-refractivity contribution in [1.29, 1.82) is 0 Å². The lowest BCUT2D eigenvalue weighted by atomic mass is 9.99. The van der Waals surface area contributed by atoms with Crippen LogP contribution in [-0.2, 0) is 28.6 Å². The summed E-state index contributed by atoms with van der Waals surface area (Å²) < 4.78 is 16.7. The SMILES string of the molecule is CCCCCCCCCCCC(=O)OCC(COC(=O)CCCCCCCCCCCCCCC(C)CC)OC(=O)CCCCCCCCCCC. The van der Waals surface area contributed by atoms with Gasteiger partial charge in [0.25, 0.3) is 0 Å². The number of rotatable bonds is 41. The zero-order chi connectivity index (χ0) is 38.2. The quantitative estimate of drug-likeness (QED) is 0.0353. The van der Waals surface area contributed by atoms with E-state index >= 15 is 0 Å². The monoisotopic (exact) mass is 737 g/mol. The first kappa shape index (κ1) is 50.4. The van der Waals surface area contributed by atoms with Crippen LogP contribution in [0.15, 0.2) is 0 Å². The second kappa shape index (κ2) is 40.6. The summed E-state index contributed by atoms with van der Waals surface area (Å²) >= 11 is 0. The van der Waals surface area contributed by atoms with E-state index in [2.05, 4.69) is 27.7 Å². The molecule has 6 nitrogen and oxygen atoms in total. The van der Waals surface area contributed by atoms with Gasteiger partial charge in [-0.3, -0.25) is 14.4 Å². The van der Waals surface area contributed by atoms with Crippen molar-refractivity contribution in [1.82, 2.24) is 0 Å². The Labute approximate surface area is 323 Å². The van der Waals surface area contributed by atoms with E-state index in [1.165, 1.54) is 148 Å². The lowest BCUT2D eigenvalue weighted by Gasteiger charge is -2.18. The second-order valence-electron chi connectivity index (χ2n) is 15.9. The van der Waals surface area contributed by atoms with Crippen LogP contribution in [0.4, 0.5) is 0 Å². The first-order valence-corrected chi connectivity index (χ1v) is 22.9. The zero-order valence-corrected chi connectivity index (χ0v) is 35.3. The molecule has 0 aromatic heterocycles. The molecule has 0 saturated heterocycles. The number of ether oxygens (including phenoxy) is 3. The molecule has 0 aliphatic rings. The van der Waals surface area contributed by atoms with Crippen LogP contribution in [0, 0.1) is 5.92 Å². The van der Waals surface area contributed by atoms with Crippen molar-refractivity contribution in [2.24, 2.45) is 5.92 Å². The summed E-state index contributed by atoms with van der Waals surface area (Å²) in [5.74, 6) is 0.0263. The fraction of sp³-hybridized carbons (Fsp3) is 0.935. The average Bonchev–Trinajstić information content (AvgIpc) is 3.14. The largest absolute Gasteiger partial charge is 0.462 e. The first-order chi connectivity index (χ1) is 25.4. The first-order valence-electron chi connectivity index (χ1n) is 22.9. The molecule has 52 heavy (non-hydrogen) atoms. The molecule has 0 aliphatic carbocycles. The van der Waals surface area contributed by atoms with E-state index in [9.17, 15) is 14.4 Å². The van der Waals surface area contributed by atoms with E-state index in [1.54, 1.807) is 0 Å². The van der Waals surface area contributed by atoms with Gasteiger partial charge in [-0.25, -0.2) is 0 Å². The molecule has 0 heterocycles. The van der Waals surface area contributed by atoms with Gasteiger partial charge in [-0.15, -0.1) is 0 Å². The maximum atomic E-state index is 12.6. The minimum atomic E-state index is -0.758. The van der Waals surface area contributed by atoms with Gasteiger partial charge >= 0.3 is 17.9 Å². The summed E-state index contributed by atoms with van der Waals surface area (Å²) in [7, 11) is 0. The number of esters is 3. The van der Waals surface area contributed by atoms with Crippen LogP contribution in [0.3, 0.4) is 0 Å². The van der Waals surface area contributed by atoms with Gasteiger partial charge in [0.15, 0.2) is 6.10 Å².